The van der Waals surface area contributed by atoms with Crippen LogP contribution in [-0.2, 0) is 0 Å². The van der Waals surface area contributed by atoms with Crippen LogP contribution in [0, 0.1) is 5.92 Å². The van der Waals surface area contributed by atoms with Gasteiger partial charge in [-0.15, -0.1) is 0 Å². The Hall–Kier alpha value is -0.830. The standard InChI is InChI=1S/C18H19BrClN/c1-12(16-10-9-15(19)11-17(16)20)21-18(14-7-8-14)13-5-3-2-4-6-13/h2-6,9-12,14,18,21H,7-8H2,1H3. The molecule has 2 unspecified atom stereocenters. The molecule has 1 N–H and O–H groups in total. The molecule has 0 amide bonds. The molecule has 1 aliphatic carbocycles. The van der Waals surface area contributed by atoms with Crippen molar-refractivity contribution in [2.75, 3.05) is 0 Å². The van der Waals surface area contributed by atoms with Crippen LogP contribution in [0.5, 0.6) is 0 Å². The van der Waals surface area contributed by atoms with E-state index in [-0.39, 0.29) is 6.04 Å². The largest absolute Gasteiger partial charge is 0.303 e. The maximum absolute atomic E-state index is 6.38. The van der Waals surface area contributed by atoms with Crippen LogP contribution < -0.4 is 5.32 Å². The van der Waals surface area contributed by atoms with Gasteiger partial charge in [0.2, 0.25) is 0 Å². The predicted molar refractivity (Wildman–Crippen MR) is 92.6 cm³/mol. The van der Waals surface area contributed by atoms with E-state index >= 15 is 0 Å². The zero-order chi connectivity index (χ0) is 14.8. The van der Waals surface area contributed by atoms with E-state index in [1.54, 1.807) is 0 Å². The van der Waals surface area contributed by atoms with Crippen molar-refractivity contribution in [2.24, 2.45) is 5.92 Å². The highest BCUT2D eigenvalue weighted by atomic mass is 79.9. The van der Waals surface area contributed by atoms with Crippen molar-refractivity contribution >= 4 is 27.5 Å². The van der Waals surface area contributed by atoms with Crippen molar-refractivity contribution in [1.29, 1.82) is 0 Å². The lowest BCUT2D eigenvalue weighted by atomic mass is 9.99. The fourth-order valence-electron chi connectivity index (χ4n) is 2.81. The molecule has 0 bridgehead atoms. The molecule has 3 heteroatoms. The first-order valence-electron chi connectivity index (χ1n) is 7.41. The average Bonchev–Trinajstić information content (AvgIpc) is 3.30. The highest BCUT2D eigenvalue weighted by Gasteiger charge is 2.33. The van der Waals surface area contributed by atoms with Gasteiger partial charge in [-0.1, -0.05) is 63.9 Å². The molecule has 3 rings (SSSR count). The van der Waals surface area contributed by atoms with Gasteiger partial charge >= 0.3 is 0 Å². The van der Waals surface area contributed by atoms with Crippen LogP contribution in [0.4, 0.5) is 0 Å². The van der Waals surface area contributed by atoms with Gasteiger partial charge in [0.25, 0.3) is 0 Å². The molecule has 2 aromatic rings. The number of halogens is 2. The second kappa shape index (κ2) is 6.51. The molecule has 1 nitrogen and oxygen atoms in total. The molecule has 2 atom stereocenters. The maximum Gasteiger partial charge on any atom is 0.0464 e. The Kier molecular flexibility index (Phi) is 4.68. The van der Waals surface area contributed by atoms with Gasteiger partial charge in [-0.25, -0.2) is 0 Å². The molecule has 1 saturated carbocycles. The number of hydrogen-bond donors (Lipinski definition) is 1. The van der Waals surface area contributed by atoms with Gasteiger partial charge in [0.1, 0.15) is 0 Å². The summed E-state index contributed by atoms with van der Waals surface area (Å²) in [7, 11) is 0. The number of rotatable bonds is 5. The Labute approximate surface area is 139 Å². The molecule has 21 heavy (non-hydrogen) atoms. The summed E-state index contributed by atoms with van der Waals surface area (Å²) >= 11 is 9.84. The molecule has 0 saturated heterocycles. The third kappa shape index (κ3) is 3.68. The lowest BCUT2D eigenvalue weighted by Gasteiger charge is -2.25. The predicted octanol–water partition coefficient (Wildman–Crippen LogP) is 5.90. The minimum atomic E-state index is 0.233. The molecule has 0 aromatic heterocycles. The zero-order valence-electron chi connectivity index (χ0n) is 12.0. The van der Waals surface area contributed by atoms with E-state index in [9.17, 15) is 0 Å². The summed E-state index contributed by atoms with van der Waals surface area (Å²) in [5.74, 6) is 0.754. The summed E-state index contributed by atoms with van der Waals surface area (Å²) in [5, 5.41) is 4.58. The molecule has 0 spiro atoms. The van der Waals surface area contributed by atoms with Crippen molar-refractivity contribution in [3.63, 3.8) is 0 Å². The van der Waals surface area contributed by atoms with Gasteiger partial charge in [-0.2, -0.15) is 0 Å². The van der Waals surface area contributed by atoms with E-state index in [1.807, 2.05) is 12.1 Å². The minimum Gasteiger partial charge on any atom is -0.303 e. The van der Waals surface area contributed by atoms with Gasteiger partial charge in [0.05, 0.1) is 0 Å². The summed E-state index contributed by atoms with van der Waals surface area (Å²) in [4.78, 5) is 0. The fourth-order valence-corrected chi connectivity index (χ4v) is 3.64. The monoisotopic (exact) mass is 363 g/mol. The summed E-state index contributed by atoms with van der Waals surface area (Å²) < 4.78 is 1.02. The lowest BCUT2D eigenvalue weighted by Crippen LogP contribution is -2.26. The summed E-state index contributed by atoms with van der Waals surface area (Å²) in [5.41, 5.74) is 2.53. The van der Waals surface area contributed by atoms with Crippen molar-refractivity contribution < 1.29 is 0 Å². The minimum absolute atomic E-state index is 0.233. The van der Waals surface area contributed by atoms with Crippen LogP contribution in [0.15, 0.2) is 53.0 Å². The Balaban J connectivity index is 1.79. The number of benzene rings is 2. The van der Waals surface area contributed by atoms with E-state index < -0.39 is 0 Å². The Bertz CT molecular complexity index is 610. The van der Waals surface area contributed by atoms with E-state index in [2.05, 4.69) is 64.6 Å². The van der Waals surface area contributed by atoms with Crippen LogP contribution in [0.25, 0.3) is 0 Å². The Morgan fingerprint density at radius 1 is 1.14 bits per heavy atom. The lowest BCUT2D eigenvalue weighted by molar-refractivity contribution is 0.427. The smallest absolute Gasteiger partial charge is 0.0464 e. The zero-order valence-corrected chi connectivity index (χ0v) is 14.4. The third-order valence-corrected chi connectivity index (χ3v) is 4.93. The topological polar surface area (TPSA) is 12.0 Å². The molecule has 1 fully saturated rings. The SMILES string of the molecule is CC(NC(c1ccccc1)C1CC1)c1ccc(Br)cc1Cl. The molecule has 0 radical (unpaired) electrons. The van der Waals surface area contributed by atoms with Crippen molar-refractivity contribution in [2.45, 2.75) is 31.8 Å². The van der Waals surface area contributed by atoms with Crippen LogP contribution in [0.1, 0.15) is 43.0 Å². The summed E-state index contributed by atoms with van der Waals surface area (Å²) in [6, 6.07) is 17.5. The maximum atomic E-state index is 6.38. The summed E-state index contributed by atoms with van der Waals surface area (Å²) in [6.07, 6.45) is 2.63. The van der Waals surface area contributed by atoms with Crippen molar-refractivity contribution in [3.05, 3.63) is 69.2 Å². The van der Waals surface area contributed by atoms with Crippen LogP contribution in [-0.4, -0.2) is 0 Å². The van der Waals surface area contributed by atoms with Gasteiger partial charge in [-0.05, 0) is 48.9 Å². The van der Waals surface area contributed by atoms with Crippen LogP contribution in [0.2, 0.25) is 5.02 Å². The van der Waals surface area contributed by atoms with E-state index in [0.29, 0.717) is 6.04 Å². The van der Waals surface area contributed by atoms with E-state index in [4.69, 9.17) is 11.6 Å². The van der Waals surface area contributed by atoms with Gasteiger partial charge in [0.15, 0.2) is 0 Å². The van der Waals surface area contributed by atoms with Crippen molar-refractivity contribution in [1.82, 2.24) is 5.32 Å². The van der Waals surface area contributed by atoms with E-state index in [0.717, 1.165) is 21.0 Å². The average molecular weight is 365 g/mol. The fraction of sp³-hybridized carbons (Fsp3) is 0.333. The molecule has 0 aliphatic heterocycles. The second-order valence-electron chi connectivity index (χ2n) is 5.78. The second-order valence-corrected chi connectivity index (χ2v) is 7.10. The first-order chi connectivity index (χ1) is 10.1. The first-order valence-corrected chi connectivity index (χ1v) is 8.58. The highest BCUT2D eigenvalue weighted by molar-refractivity contribution is 9.10. The normalized spacial score (nSPS) is 17.5. The van der Waals surface area contributed by atoms with Crippen molar-refractivity contribution in [3.8, 4) is 0 Å². The molecule has 2 aromatic carbocycles. The Morgan fingerprint density at radius 2 is 1.86 bits per heavy atom. The highest BCUT2D eigenvalue weighted by Crippen LogP contribution is 2.42. The Morgan fingerprint density at radius 3 is 2.48 bits per heavy atom. The number of nitrogens with one attached hydrogen (secondary N) is 1. The van der Waals surface area contributed by atoms with Gasteiger partial charge in [0, 0.05) is 21.6 Å². The number of hydrogen-bond acceptors (Lipinski definition) is 1. The van der Waals surface area contributed by atoms with Gasteiger partial charge < -0.3 is 5.32 Å². The molecular formula is C18H19BrClN. The first kappa shape index (κ1) is 15.1. The molecule has 0 heterocycles. The molecule has 110 valence electrons. The molecular weight excluding hydrogens is 346 g/mol. The van der Waals surface area contributed by atoms with Crippen LogP contribution >= 0.6 is 27.5 Å². The van der Waals surface area contributed by atoms with Gasteiger partial charge in [-0.3, -0.25) is 0 Å². The summed E-state index contributed by atoms with van der Waals surface area (Å²) in [6.45, 7) is 2.19. The van der Waals surface area contributed by atoms with E-state index in [1.165, 1.54) is 18.4 Å². The van der Waals surface area contributed by atoms with Crippen LogP contribution in [0.3, 0.4) is 0 Å². The molecule has 1 aliphatic rings. The quantitative estimate of drug-likeness (QED) is 0.696. The third-order valence-electron chi connectivity index (χ3n) is 4.11.